The molecule has 0 aliphatic rings. The minimum absolute atomic E-state index is 0.0299. The maximum atomic E-state index is 11.3. The average Bonchev–Trinajstić information content (AvgIpc) is 2.45. The number of aromatic carboxylic acids is 1. The van der Waals surface area contributed by atoms with Crippen LogP contribution in [0.2, 0.25) is 0 Å². The minimum Gasteiger partial charge on any atom is -0.492 e. The largest absolute Gasteiger partial charge is 0.492 e. The minimum atomic E-state index is -0.962. The third-order valence-electron chi connectivity index (χ3n) is 2.51. The molecule has 0 radical (unpaired) electrons. The van der Waals surface area contributed by atoms with Crippen molar-refractivity contribution in [3.63, 3.8) is 0 Å². The highest BCUT2D eigenvalue weighted by atomic mass is 16.5. The lowest BCUT2D eigenvalue weighted by Gasteiger charge is -2.08. The number of hydrogen-bond donors (Lipinski definition) is 3. The van der Waals surface area contributed by atoms with Crippen LogP contribution in [0.3, 0.4) is 0 Å². The topological polar surface area (TPSA) is 87.7 Å². The molecule has 0 atom stereocenters. The van der Waals surface area contributed by atoms with E-state index in [1.807, 2.05) is 6.92 Å². The number of carboxylic acid groups (broad SMARTS) is 1. The van der Waals surface area contributed by atoms with Gasteiger partial charge in [-0.15, -0.1) is 0 Å². The summed E-state index contributed by atoms with van der Waals surface area (Å²) in [5, 5.41) is 14.5. The molecule has 1 aromatic rings. The van der Waals surface area contributed by atoms with E-state index in [-0.39, 0.29) is 18.0 Å². The van der Waals surface area contributed by atoms with Gasteiger partial charge in [0.05, 0.1) is 12.1 Å². The quantitative estimate of drug-likeness (QED) is 0.584. The second-order valence-electron chi connectivity index (χ2n) is 4.20. The lowest BCUT2D eigenvalue weighted by atomic mass is 10.2. The maximum Gasteiger partial charge on any atom is 0.335 e. The van der Waals surface area contributed by atoms with Crippen LogP contribution in [0.1, 0.15) is 23.7 Å². The molecule has 0 saturated heterocycles. The number of nitrogens with one attached hydrogen (secondary N) is 2. The van der Waals surface area contributed by atoms with Crippen LogP contribution < -0.4 is 15.4 Å². The molecule has 0 heterocycles. The Labute approximate surface area is 118 Å². The van der Waals surface area contributed by atoms with E-state index >= 15 is 0 Å². The van der Waals surface area contributed by atoms with Crippen LogP contribution in [0.25, 0.3) is 0 Å². The van der Waals surface area contributed by atoms with Gasteiger partial charge in [-0.1, -0.05) is 6.92 Å². The Kier molecular flexibility index (Phi) is 7.13. The molecule has 20 heavy (non-hydrogen) atoms. The van der Waals surface area contributed by atoms with E-state index in [1.165, 1.54) is 12.1 Å². The molecular formula is C14H20N2O4. The molecule has 110 valence electrons. The first-order chi connectivity index (χ1) is 9.63. The van der Waals surface area contributed by atoms with Crippen LogP contribution >= 0.6 is 0 Å². The number of ether oxygens (including phenoxy) is 1. The first-order valence-electron chi connectivity index (χ1n) is 6.57. The number of amides is 1. The predicted molar refractivity (Wildman–Crippen MR) is 75.1 cm³/mol. The fourth-order valence-electron chi connectivity index (χ4n) is 1.46. The Morgan fingerprint density at radius 2 is 1.90 bits per heavy atom. The molecule has 0 unspecified atom stereocenters. The zero-order chi connectivity index (χ0) is 14.8. The van der Waals surface area contributed by atoms with Crippen molar-refractivity contribution < 1.29 is 19.4 Å². The van der Waals surface area contributed by atoms with Crippen LogP contribution in [0, 0.1) is 0 Å². The van der Waals surface area contributed by atoms with E-state index in [9.17, 15) is 9.59 Å². The predicted octanol–water partition coefficient (Wildman–Crippen LogP) is 0.879. The smallest absolute Gasteiger partial charge is 0.335 e. The van der Waals surface area contributed by atoms with Gasteiger partial charge in [0.15, 0.2) is 0 Å². The van der Waals surface area contributed by atoms with E-state index in [2.05, 4.69) is 10.6 Å². The number of hydrogen-bond acceptors (Lipinski definition) is 4. The van der Waals surface area contributed by atoms with Crippen molar-refractivity contribution in [1.29, 1.82) is 0 Å². The zero-order valence-corrected chi connectivity index (χ0v) is 11.5. The van der Waals surface area contributed by atoms with Crippen molar-refractivity contribution >= 4 is 11.9 Å². The molecular weight excluding hydrogens is 260 g/mol. The third kappa shape index (κ3) is 6.19. The molecule has 1 rings (SSSR count). The molecule has 6 nitrogen and oxygen atoms in total. The first kappa shape index (κ1) is 16.0. The van der Waals surface area contributed by atoms with Crippen LogP contribution in [-0.4, -0.2) is 43.2 Å². The summed E-state index contributed by atoms with van der Waals surface area (Å²) in [4.78, 5) is 21.9. The zero-order valence-electron chi connectivity index (χ0n) is 11.5. The van der Waals surface area contributed by atoms with Crippen molar-refractivity contribution in [3.05, 3.63) is 29.8 Å². The van der Waals surface area contributed by atoms with Crippen molar-refractivity contribution in [1.82, 2.24) is 10.6 Å². The molecule has 1 amide bonds. The van der Waals surface area contributed by atoms with Gasteiger partial charge >= 0.3 is 5.97 Å². The van der Waals surface area contributed by atoms with Crippen molar-refractivity contribution in [3.8, 4) is 5.75 Å². The summed E-state index contributed by atoms with van der Waals surface area (Å²) in [7, 11) is 0. The fraction of sp³-hybridized carbons (Fsp3) is 0.429. The van der Waals surface area contributed by atoms with Crippen LogP contribution in [0.15, 0.2) is 24.3 Å². The second-order valence-corrected chi connectivity index (χ2v) is 4.20. The van der Waals surface area contributed by atoms with E-state index in [1.54, 1.807) is 12.1 Å². The first-order valence-corrected chi connectivity index (χ1v) is 6.57. The summed E-state index contributed by atoms with van der Waals surface area (Å²) >= 11 is 0. The highest BCUT2D eigenvalue weighted by Crippen LogP contribution is 2.11. The van der Waals surface area contributed by atoms with E-state index < -0.39 is 5.97 Å². The van der Waals surface area contributed by atoms with Crippen LogP contribution in [0.5, 0.6) is 5.75 Å². The van der Waals surface area contributed by atoms with E-state index in [0.717, 1.165) is 6.42 Å². The summed E-state index contributed by atoms with van der Waals surface area (Å²) in [6.07, 6.45) is 0.918. The molecule has 0 fully saturated rings. The van der Waals surface area contributed by atoms with Gasteiger partial charge in [0, 0.05) is 13.1 Å². The normalized spacial score (nSPS) is 10.1. The molecule has 0 bridgehead atoms. The molecule has 0 spiro atoms. The van der Waals surface area contributed by atoms with E-state index in [0.29, 0.717) is 25.4 Å². The highest BCUT2D eigenvalue weighted by Gasteiger charge is 2.02. The van der Waals surface area contributed by atoms with Crippen molar-refractivity contribution in [2.75, 3.05) is 26.2 Å². The summed E-state index contributed by atoms with van der Waals surface area (Å²) in [6, 6.07) is 6.20. The van der Waals surface area contributed by atoms with Gasteiger partial charge in [-0.05, 0) is 30.7 Å². The second kappa shape index (κ2) is 8.92. The Hall–Kier alpha value is -2.08. The van der Waals surface area contributed by atoms with Gasteiger partial charge in [-0.3, -0.25) is 4.79 Å². The Bertz CT molecular complexity index is 431. The molecule has 0 aliphatic heterocycles. The lowest BCUT2D eigenvalue weighted by molar-refractivity contribution is -0.120. The Balaban J connectivity index is 2.15. The number of carboxylic acids is 1. The lowest BCUT2D eigenvalue weighted by Crippen LogP contribution is -2.35. The third-order valence-corrected chi connectivity index (χ3v) is 2.51. The highest BCUT2D eigenvalue weighted by molar-refractivity contribution is 5.87. The molecule has 0 aliphatic carbocycles. The summed E-state index contributed by atoms with van der Waals surface area (Å²) in [5.41, 5.74) is 0.225. The molecule has 1 aromatic carbocycles. The fourth-order valence-corrected chi connectivity index (χ4v) is 1.46. The van der Waals surface area contributed by atoms with Crippen LogP contribution in [0.4, 0.5) is 0 Å². The average molecular weight is 280 g/mol. The summed E-state index contributed by atoms with van der Waals surface area (Å²) < 4.78 is 5.42. The number of benzene rings is 1. The molecule has 3 N–H and O–H groups in total. The monoisotopic (exact) mass is 280 g/mol. The van der Waals surface area contributed by atoms with Gasteiger partial charge in [0.1, 0.15) is 12.4 Å². The SMILES string of the molecule is CCCNC(=O)CNCCOc1ccc(C(=O)O)cc1. The van der Waals surface area contributed by atoms with Crippen molar-refractivity contribution in [2.45, 2.75) is 13.3 Å². The van der Waals surface area contributed by atoms with E-state index in [4.69, 9.17) is 9.84 Å². The number of carbonyl (C=O) groups is 2. The Morgan fingerprint density at radius 3 is 2.50 bits per heavy atom. The van der Waals surface area contributed by atoms with Gasteiger partial charge < -0.3 is 20.5 Å². The summed E-state index contributed by atoms with van der Waals surface area (Å²) in [6.45, 7) is 3.90. The van der Waals surface area contributed by atoms with Crippen LogP contribution in [-0.2, 0) is 4.79 Å². The number of rotatable bonds is 9. The van der Waals surface area contributed by atoms with Gasteiger partial charge in [-0.25, -0.2) is 4.79 Å². The summed E-state index contributed by atoms with van der Waals surface area (Å²) in [5.74, 6) is -0.388. The van der Waals surface area contributed by atoms with Crippen molar-refractivity contribution in [2.24, 2.45) is 0 Å². The molecule has 0 aromatic heterocycles. The molecule has 6 heteroatoms. The number of carbonyl (C=O) groups excluding carboxylic acids is 1. The van der Waals surface area contributed by atoms with Gasteiger partial charge in [0.2, 0.25) is 5.91 Å². The Morgan fingerprint density at radius 1 is 1.20 bits per heavy atom. The maximum absolute atomic E-state index is 11.3. The van der Waals surface area contributed by atoms with Gasteiger partial charge in [0.25, 0.3) is 0 Å². The molecule has 0 saturated carbocycles. The van der Waals surface area contributed by atoms with Gasteiger partial charge in [-0.2, -0.15) is 0 Å². The standard InChI is InChI=1S/C14H20N2O4/c1-2-7-16-13(17)10-15-8-9-20-12-5-3-11(4-6-12)14(18)19/h3-6,15H,2,7-10H2,1H3,(H,16,17)(H,18,19).